The largest absolute Gasteiger partial charge is 0.462 e. The Kier molecular flexibility index (Phi) is 67.7. The van der Waals surface area contributed by atoms with E-state index in [1.54, 1.807) is 0 Å². The number of esters is 3. The minimum Gasteiger partial charge on any atom is -0.462 e. The maximum atomic E-state index is 13.0. The molecule has 0 saturated heterocycles. The van der Waals surface area contributed by atoms with Gasteiger partial charge in [0.25, 0.3) is 0 Å². The number of hydrogen-bond donors (Lipinski definition) is 0. The van der Waals surface area contributed by atoms with E-state index in [4.69, 9.17) is 14.2 Å². The van der Waals surface area contributed by atoms with Crippen LogP contribution in [-0.2, 0) is 28.6 Å². The molecule has 1 atom stereocenters. The van der Waals surface area contributed by atoms with Crippen molar-refractivity contribution in [3.8, 4) is 0 Å². The highest BCUT2D eigenvalue weighted by molar-refractivity contribution is 5.71. The van der Waals surface area contributed by atoms with Gasteiger partial charge in [-0.2, -0.15) is 0 Å². The van der Waals surface area contributed by atoms with E-state index >= 15 is 0 Å². The second-order valence-corrected chi connectivity index (χ2v) is 23.8. The summed E-state index contributed by atoms with van der Waals surface area (Å²) in [6.07, 6.45) is 95.7. The molecule has 0 aromatic heterocycles. The summed E-state index contributed by atoms with van der Waals surface area (Å²) in [5.74, 6) is -0.867. The fourth-order valence-corrected chi connectivity index (χ4v) is 10.2. The van der Waals surface area contributed by atoms with Crippen LogP contribution in [0.25, 0.3) is 0 Å². The molecule has 0 aliphatic rings. The maximum Gasteiger partial charge on any atom is 0.306 e. The van der Waals surface area contributed by atoms with Crippen LogP contribution in [0.5, 0.6) is 0 Å². The zero-order chi connectivity index (χ0) is 59.9. The molecule has 0 aromatic carbocycles. The Morgan fingerprint density at radius 3 is 0.735 bits per heavy atom. The third kappa shape index (κ3) is 69.0. The van der Waals surface area contributed by atoms with Crippen LogP contribution in [-0.4, -0.2) is 37.2 Å². The summed E-state index contributed by atoms with van der Waals surface area (Å²) >= 11 is 0. The molecule has 0 heterocycles. The average molecular weight is 1160 g/mol. The van der Waals surface area contributed by atoms with Crippen LogP contribution in [0.2, 0.25) is 0 Å². The van der Waals surface area contributed by atoms with Gasteiger partial charge in [-0.05, 0) is 103 Å². The first-order chi connectivity index (χ1) is 41.0. The minimum atomic E-state index is -0.782. The third-order valence-electron chi connectivity index (χ3n) is 15.6. The van der Waals surface area contributed by atoms with E-state index in [2.05, 4.69) is 118 Å². The van der Waals surface area contributed by atoms with Crippen molar-refractivity contribution in [2.45, 2.75) is 361 Å². The van der Waals surface area contributed by atoms with Crippen molar-refractivity contribution < 1.29 is 28.6 Å². The molecule has 0 radical (unpaired) electrons. The van der Waals surface area contributed by atoms with Crippen molar-refractivity contribution in [2.75, 3.05) is 13.2 Å². The van der Waals surface area contributed by atoms with E-state index < -0.39 is 6.10 Å². The molecule has 478 valence electrons. The molecule has 6 nitrogen and oxygen atoms in total. The molecule has 0 fully saturated rings. The first-order valence-corrected chi connectivity index (χ1v) is 35.7. The lowest BCUT2D eigenvalue weighted by molar-refractivity contribution is -0.167. The summed E-state index contributed by atoms with van der Waals surface area (Å²) in [6.45, 7) is 6.56. The van der Waals surface area contributed by atoms with Gasteiger partial charge in [-0.3, -0.25) is 14.4 Å². The molecule has 0 bridgehead atoms. The Bertz CT molecular complexity index is 1610. The molecule has 0 N–H and O–H groups in total. The van der Waals surface area contributed by atoms with Crippen molar-refractivity contribution in [1.29, 1.82) is 0 Å². The lowest BCUT2D eigenvalue weighted by Crippen LogP contribution is -2.30. The molecular formula is C77H134O6. The number of hydrogen-bond acceptors (Lipinski definition) is 6. The quantitative estimate of drug-likeness (QED) is 0.0261. The number of unbranched alkanes of at least 4 members (excludes halogenated alkanes) is 38. The Morgan fingerprint density at radius 1 is 0.253 bits per heavy atom. The maximum absolute atomic E-state index is 13.0. The van der Waals surface area contributed by atoms with Crippen molar-refractivity contribution in [1.82, 2.24) is 0 Å². The van der Waals surface area contributed by atoms with E-state index in [0.717, 1.165) is 103 Å². The van der Waals surface area contributed by atoms with Crippen molar-refractivity contribution in [3.05, 3.63) is 97.2 Å². The molecule has 0 aliphatic heterocycles. The molecule has 0 aromatic rings. The van der Waals surface area contributed by atoms with Crippen LogP contribution < -0.4 is 0 Å². The normalized spacial score (nSPS) is 12.7. The predicted octanol–water partition coefficient (Wildman–Crippen LogP) is 24.8. The van der Waals surface area contributed by atoms with Gasteiger partial charge in [0.2, 0.25) is 0 Å². The van der Waals surface area contributed by atoms with Gasteiger partial charge in [0.15, 0.2) is 6.10 Å². The Labute approximate surface area is 515 Å². The van der Waals surface area contributed by atoms with Gasteiger partial charge < -0.3 is 14.2 Å². The topological polar surface area (TPSA) is 78.9 Å². The van der Waals surface area contributed by atoms with E-state index in [-0.39, 0.29) is 31.1 Å². The van der Waals surface area contributed by atoms with Gasteiger partial charge in [0.1, 0.15) is 13.2 Å². The summed E-state index contributed by atoms with van der Waals surface area (Å²) < 4.78 is 17.0. The summed E-state index contributed by atoms with van der Waals surface area (Å²) in [4.78, 5) is 38.5. The van der Waals surface area contributed by atoms with Gasteiger partial charge in [0, 0.05) is 19.3 Å². The minimum absolute atomic E-state index is 0.0764. The van der Waals surface area contributed by atoms with Gasteiger partial charge in [0.05, 0.1) is 0 Å². The highest BCUT2D eigenvalue weighted by Gasteiger charge is 2.19. The number of carbonyl (C=O) groups excluding carboxylic acids is 3. The predicted molar refractivity (Wildman–Crippen MR) is 362 cm³/mol. The molecule has 0 spiro atoms. The fourth-order valence-electron chi connectivity index (χ4n) is 10.2. The van der Waals surface area contributed by atoms with Crippen molar-refractivity contribution >= 4 is 17.9 Å². The van der Waals surface area contributed by atoms with Crippen LogP contribution in [0.3, 0.4) is 0 Å². The summed E-state index contributed by atoms with van der Waals surface area (Å²) in [5, 5.41) is 0. The van der Waals surface area contributed by atoms with Crippen LogP contribution >= 0.6 is 0 Å². The fraction of sp³-hybridized carbons (Fsp3) is 0.753. The third-order valence-corrected chi connectivity index (χ3v) is 15.6. The van der Waals surface area contributed by atoms with Crippen molar-refractivity contribution in [3.63, 3.8) is 0 Å². The Hall–Kier alpha value is -3.67. The van der Waals surface area contributed by atoms with Gasteiger partial charge >= 0.3 is 17.9 Å². The number of ether oxygens (including phenoxy) is 3. The molecule has 1 unspecified atom stereocenters. The van der Waals surface area contributed by atoms with Crippen LogP contribution in [0.4, 0.5) is 0 Å². The highest BCUT2D eigenvalue weighted by atomic mass is 16.6. The van der Waals surface area contributed by atoms with E-state index in [1.807, 2.05) is 0 Å². The van der Waals surface area contributed by atoms with Gasteiger partial charge in [-0.1, -0.05) is 330 Å². The molecule has 83 heavy (non-hydrogen) atoms. The van der Waals surface area contributed by atoms with Crippen LogP contribution in [0.15, 0.2) is 97.2 Å². The lowest BCUT2D eigenvalue weighted by Gasteiger charge is -2.18. The lowest BCUT2D eigenvalue weighted by atomic mass is 10.0. The smallest absolute Gasteiger partial charge is 0.306 e. The van der Waals surface area contributed by atoms with Crippen molar-refractivity contribution in [2.24, 2.45) is 0 Å². The first-order valence-electron chi connectivity index (χ1n) is 35.7. The Balaban J connectivity index is 4.32. The Morgan fingerprint density at radius 2 is 0.470 bits per heavy atom. The summed E-state index contributed by atoms with van der Waals surface area (Å²) in [7, 11) is 0. The zero-order valence-corrected chi connectivity index (χ0v) is 54.9. The second kappa shape index (κ2) is 70.8. The van der Waals surface area contributed by atoms with E-state index in [0.29, 0.717) is 19.3 Å². The number of rotatable bonds is 65. The first kappa shape index (κ1) is 79.3. The molecule has 0 rings (SSSR count). The summed E-state index contributed by atoms with van der Waals surface area (Å²) in [6, 6.07) is 0. The molecule has 0 amide bonds. The second-order valence-electron chi connectivity index (χ2n) is 23.8. The molecular weight excluding hydrogens is 1020 g/mol. The van der Waals surface area contributed by atoms with Gasteiger partial charge in [-0.25, -0.2) is 0 Å². The zero-order valence-electron chi connectivity index (χ0n) is 54.9. The standard InChI is InChI=1S/C77H134O6/c1-4-7-10-13-16-19-22-25-28-30-32-34-35-36-37-38-39-40-41-43-44-46-49-52-55-58-61-64-67-70-76(79)82-73-74(72-81-75(78)69-66-63-60-57-54-51-48-27-24-21-18-15-12-9-6-3)83-77(80)71-68-65-62-59-56-53-50-47-45-42-33-31-29-26-23-20-17-14-11-8-5-2/h7,10,16,19,23,25-26,28,31-34,36-37,39-40,74H,4-6,8-9,11-15,17-18,20-22,24,27,29-30,35,38,41-73H2,1-3H3/b10-7-,19-16-,26-23-,28-25-,33-31-,34-32-,37-36-,40-39-. The monoisotopic (exact) mass is 1160 g/mol. The summed E-state index contributed by atoms with van der Waals surface area (Å²) in [5.41, 5.74) is 0. The SMILES string of the molecule is CC/C=C\C/C=C\C/C=C\C/C=C\C/C=C\C/C=C\CCCCCCCCCCCCC(=O)OCC(COC(=O)CCCCCCCCCCCCCCCCC)OC(=O)CCCCCCCCCCC/C=C\C/C=C\CCCCCCC. The van der Waals surface area contributed by atoms with E-state index in [9.17, 15) is 14.4 Å². The molecule has 0 saturated carbocycles. The highest BCUT2D eigenvalue weighted by Crippen LogP contribution is 2.17. The van der Waals surface area contributed by atoms with Gasteiger partial charge in [-0.15, -0.1) is 0 Å². The molecule has 0 aliphatic carbocycles. The average Bonchev–Trinajstić information content (AvgIpc) is 3.49. The van der Waals surface area contributed by atoms with Crippen LogP contribution in [0.1, 0.15) is 355 Å². The number of carbonyl (C=O) groups is 3. The molecule has 6 heteroatoms. The van der Waals surface area contributed by atoms with E-state index in [1.165, 1.54) is 212 Å². The number of allylic oxidation sites excluding steroid dienone is 16. The van der Waals surface area contributed by atoms with Crippen LogP contribution in [0, 0.1) is 0 Å².